The molecule has 5 heteroatoms. The molecule has 0 aliphatic rings. The molecule has 0 saturated carbocycles. The van der Waals surface area contributed by atoms with Crippen LogP contribution in [0.3, 0.4) is 0 Å². The molecule has 0 radical (unpaired) electrons. The molecule has 1 heterocycles. The number of aromatic nitrogens is 2. The Labute approximate surface area is 132 Å². The third kappa shape index (κ3) is 3.96. The molecule has 0 saturated heterocycles. The average molecular weight is 309 g/mol. The summed E-state index contributed by atoms with van der Waals surface area (Å²) < 4.78 is 2.29. The molecular weight excluding hydrogens is 284 g/mol. The summed E-state index contributed by atoms with van der Waals surface area (Å²) in [5.41, 5.74) is 2.15. The van der Waals surface area contributed by atoms with Gasteiger partial charge in [-0.05, 0) is 51.3 Å². The maximum atomic E-state index is 6.14. The maximum absolute atomic E-state index is 6.14. The molecule has 0 aliphatic carbocycles. The van der Waals surface area contributed by atoms with Gasteiger partial charge in [0.25, 0.3) is 0 Å². The lowest BCUT2D eigenvalue weighted by Gasteiger charge is -2.18. The highest BCUT2D eigenvalue weighted by Gasteiger charge is 2.10. The van der Waals surface area contributed by atoms with Crippen molar-refractivity contribution in [2.45, 2.75) is 33.4 Å². The number of halogens is 1. The fraction of sp³-hybridized carbons (Fsp3) is 0.562. The molecule has 0 amide bonds. The number of hydrogen-bond donors (Lipinski definition) is 1. The fourth-order valence-corrected chi connectivity index (χ4v) is 2.85. The first kappa shape index (κ1) is 16.3. The fourth-order valence-electron chi connectivity index (χ4n) is 2.68. The standard InChI is InChI=1S/C16H25ClN4/c1-4-20(5-2)9-6-10-21-15-11-13(17)7-8-14(15)19-16(21)12-18-3/h7-8,11,18H,4-6,9-10,12H2,1-3H3. The summed E-state index contributed by atoms with van der Waals surface area (Å²) in [6, 6.07) is 5.92. The predicted molar refractivity (Wildman–Crippen MR) is 89.9 cm³/mol. The summed E-state index contributed by atoms with van der Waals surface area (Å²) >= 11 is 6.14. The molecule has 2 aromatic rings. The van der Waals surface area contributed by atoms with Gasteiger partial charge in [-0.2, -0.15) is 0 Å². The summed E-state index contributed by atoms with van der Waals surface area (Å²) in [6.07, 6.45) is 1.12. The van der Waals surface area contributed by atoms with Gasteiger partial charge in [-0.25, -0.2) is 4.98 Å². The third-order valence-corrected chi connectivity index (χ3v) is 4.11. The van der Waals surface area contributed by atoms with E-state index in [2.05, 4.69) is 28.6 Å². The zero-order valence-electron chi connectivity index (χ0n) is 13.2. The van der Waals surface area contributed by atoms with E-state index in [4.69, 9.17) is 16.6 Å². The molecule has 0 bridgehead atoms. The molecule has 0 atom stereocenters. The molecule has 0 spiro atoms. The number of nitrogens with one attached hydrogen (secondary N) is 1. The Morgan fingerprint density at radius 3 is 2.71 bits per heavy atom. The minimum Gasteiger partial charge on any atom is -0.327 e. The van der Waals surface area contributed by atoms with Crippen molar-refractivity contribution < 1.29 is 0 Å². The molecule has 2 rings (SSSR count). The molecule has 1 aromatic carbocycles. The molecule has 0 aliphatic heterocycles. The van der Waals surface area contributed by atoms with Gasteiger partial charge >= 0.3 is 0 Å². The highest BCUT2D eigenvalue weighted by Crippen LogP contribution is 2.21. The van der Waals surface area contributed by atoms with E-state index < -0.39 is 0 Å². The SMILES string of the molecule is CCN(CC)CCCn1c(CNC)nc2ccc(Cl)cc21. The van der Waals surface area contributed by atoms with E-state index in [0.29, 0.717) is 0 Å². The number of aryl methyl sites for hydroxylation is 1. The van der Waals surface area contributed by atoms with Gasteiger partial charge in [0.05, 0.1) is 17.6 Å². The van der Waals surface area contributed by atoms with E-state index in [0.717, 1.165) is 61.0 Å². The zero-order valence-corrected chi connectivity index (χ0v) is 14.0. The highest BCUT2D eigenvalue weighted by molar-refractivity contribution is 6.31. The lowest BCUT2D eigenvalue weighted by molar-refractivity contribution is 0.293. The van der Waals surface area contributed by atoms with Crippen LogP contribution in [0.2, 0.25) is 5.02 Å². The smallest absolute Gasteiger partial charge is 0.123 e. The van der Waals surface area contributed by atoms with Gasteiger partial charge in [-0.3, -0.25) is 0 Å². The van der Waals surface area contributed by atoms with Gasteiger partial charge in [0, 0.05) is 11.6 Å². The minimum absolute atomic E-state index is 0.767. The van der Waals surface area contributed by atoms with E-state index >= 15 is 0 Å². The second-order valence-corrected chi connectivity index (χ2v) is 5.66. The number of nitrogens with zero attached hydrogens (tertiary/aromatic N) is 3. The van der Waals surface area contributed by atoms with Crippen LogP contribution >= 0.6 is 11.6 Å². The summed E-state index contributed by atoms with van der Waals surface area (Å²) in [5.74, 6) is 1.08. The summed E-state index contributed by atoms with van der Waals surface area (Å²) in [4.78, 5) is 7.16. The Balaban J connectivity index is 2.19. The third-order valence-electron chi connectivity index (χ3n) is 3.87. The predicted octanol–water partition coefficient (Wildman–Crippen LogP) is 3.14. The van der Waals surface area contributed by atoms with Crippen LogP contribution in [0.1, 0.15) is 26.1 Å². The average Bonchev–Trinajstić information content (AvgIpc) is 2.81. The van der Waals surface area contributed by atoms with Crippen LogP contribution in [0.4, 0.5) is 0 Å². The number of hydrogen-bond acceptors (Lipinski definition) is 3. The number of benzene rings is 1. The van der Waals surface area contributed by atoms with E-state index in [1.807, 2.05) is 25.2 Å². The number of fused-ring (bicyclic) bond motifs is 1. The second-order valence-electron chi connectivity index (χ2n) is 5.22. The Bertz CT molecular complexity index is 575. The van der Waals surface area contributed by atoms with Gasteiger partial charge in [-0.1, -0.05) is 25.4 Å². The van der Waals surface area contributed by atoms with Crippen LogP contribution in [0.5, 0.6) is 0 Å². The van der Waals surface area contributed by atoms with E-state index in [1.165, 1.54) is 0 Å². The second kappa shape index (κ2) is 7.78. The van der Waals surface area contributed by atoms with Gasteiger partial charge in [0.1, 0.15) is 5.82 Å². The molecule has 21 heavy (non-hydrogen) atoms. The summed E-state index contributed by atoms with van der Waals surface area (Å²) in [6.45, 7) is 9.51. The Hall–Kier alpha value is -1.10. The lowest BCUT2D eigenvalue weighted by atomic mass is 10.3. The van der Waals surface area contributed by atoms with Gasteiger partial charge in [-0.15, -0.1) is 0 Å². The Kier molecular flexibility index (Phi) is 6.03. The normalized spacial score (nSPS) is 11.7. The van der Waals surface area contributed by atoms with Crippen LogP contribution in [0.15, 0.2) is 18.2 Å². The summed E-state index contributed by atoms with van der Waals surface area (Å²) in [5, 5.41) is 3.96. The van der Waals surface area contributed by atoms with Crippen molar-refractivity contribution in [3.05, 3.63) is 29.0 Å². The van der Waals surface area contributed by atoms with Crippen LogP contribution in [-0.2, 0) is 13.1 Å². The minimum atomic E-state index is 0.767. The first-order valence-corrected chi connectivity index (χ1v) is 8.09. The number of imidazole rings is 1. The molecule has 0 unspecified atom stereocenters. The van der Waals surface area contributed by atoms with Gasteiger partial charge in [0.15, 0.2) is 0 Å². The van der Waals surface area contributed by atoms with Crippen LogP contribution in [0, 0.1) is 0 Å². The lowest BCUT2D eigenvalue weighted by Crippen LogP contribution is -2.25. The molecule has 1 N–H and O–H groups in total. The van der Waals surface area contributed by atoms with Crippen molar-refractivity contribution in [2.24, 2.45) is 0 Å². The van der Waals surface area contributed by atoms with E-state index in [9.17, 15) is 0 Å². The highest BCUT2D eigenvalue weighted by atomic mass is 35.5. The van der Waals surface area contributed by atoms with Crippen molar-refractivity contribution in [2.75, 3.05) is 26.7 Å². The topological polar surface area (TPSA) is 33.1 Å². The molecule has 1 aromatic heterocycles. The van der Waals surface area contributed by atoms with E-state index in [-0.39, 0.29) is 0 Å². The Morgan fingerprint density at radius 1 is 1.29 bits per heavy atom. The molecule has 0 fully saturated rings. The molecule has 116 valence electrons. The largest absolute Gasteiger partial charge is 0.327 e. The number of rotatable bonds is 8. The first-order chi connectivity index (χ1) is 10.2. The molecular formula is C16H25ClN4. The quantitative estimate of drug-likeness (QED) is 0.813. The maximum Gasteiger partial charge on any atom is 0.123 e. The Morgan fingerprint density at radius 2 is 2.05 bits per heavy atom. The zero-order chi connectivity index (χ0) is 15.2. The van der Waals surface area contributed by atoms with E-state index in [1.54, 1.807) is 0 Å². The van der Waals surface area contributed by atoms with Crippen molar-refractivity contribution in [1.82, 2.24) is 19.8 Å². The van der Waals surface area contributed by atoms with Crippen molar-refractivity contribution in [3.63, 3.8) is 0 Å². The van der Waals surface area contributed by atoms with Crippen LogP contribution in [0.25, 0.3) is 11.0 Å². The van der Waals surface area contributed by atoms with Crippen molar-refractivity contribution in [3.8, 4) is 0 Å². The van der Waals surface area contributed by atoms with Gasteiger partial charge in [0.2, 0.25) is 0 Å². The van der Waals surface area contributed by atoms with Crippen molar-refractivity contribution >= 4 is 22.6 Å². The van der Waals surface area contributed by atoms with Gasteiger partial charge < -0.3 is 14.8 Å². The van der Waals surface area contributed by atoms with Crippen molar-refractivity contribution in [1.29, 1.82) is 0 Å². The van der Waals surface area contributed by atoms with Crippen LogP contribution < -0.4 is 5.32 Å². The first-order valence-electron chi connectivity index (χ1n) is 7.71. The van der Waals surface area contributed by atoms with Crippen LogP contribution in [-0.4, -0.2) is 41.1 Å². The summed E-state index contributed by atoms with van der Waals surface area (Å²) in [7, 11) is 1.95. The monoisotopic (exact) mass is 308 g/mol. The molecule has 4 nitrogen and oxygen atoms in total.